The van der Waals surface area contributed by atoms with Gasteiger partial charge in [0.1, 0.15) is 5.75 Å². The lowest BCUT2D eigenvalue weighted by atomic mass is 10.0. The fourth-order valence-electron chi connectivity index (χ4n) is 4.18. The molecule has 7 nitrogen and oxygen atoms in total. The van der Waals surface area contributed by atoms with Gasteiger partial charge in [-0.2, -0.15) is 0 Å². The Morgan fingerprint density at radius 1 is 0.861 bits per heavy atom. The molecule has 2 amide bonds. The monoisotopic (exact) mass is 498 g/mol. The number of carbonyl (C=O) groups is 2. The number of nitrogens with one attached hydrogen (secondary N) is 2. The van der Waals surface area contributed by atoms with Crippen LogP contribution in [0.2, 0.25) is 0 Å². The molecule has 0 aliphatic carbocycles. The van der Waals surface area contributed by atoms with Crippen molar-refractivity contribution in [1.82, 2.24) is 5.32 Å². The average Bonchev–Trinajstić information content (AvgIpc) is 2.96. The van der Waals surface area contributed by atoms with Crippen molar-refractivity contribution >= 4 is 27.3 Å². The number of sulfone groups is 1. The fraction of sp³-hybridized carbons (Fsp3) is 0.0714. The molecule has 8 heteroatoms. The summed E-state index contributed by atoms with van der Waals surface area (Å²) < 4.78 is 26.3. The van der Waals surface area contributed by atoms with E-state index in [4.69, 9.17) is 0 Å². The SMILES string of the molecule is C[C@H](NC(=O)c1ccc2c(c1)NC(=O)c1ccccc1S2(=O)=O)c1ccc(-c2ccc(O)cc2)cc1. The molecule has 5 rings (SSSR count). The quantitative estimate of drug-likeness (QED) is 0.369. The van der Waals surface area contributed by atoms with E-state index in [1.165, 1.54) is 30.3 Å². The Morgan fingerprint density at radius 2 is 1.50 bits per heavy atom. The van der Waals surface area contributed by atoms with Gasteiger partial charge in [-0.15, -0.1) is 0 Å². The molecule has 0 saturated carbocycles. The van der Waals surface area contributed by atoms with Crippen LogP contribution in [0.3, 0.4) is 0 Å². The summed E-state index contributed by atoms with van der Waals surface area (Å²) in [7, 11) is -3.94. The van der Waals surface area contributed by atoms with Gasteiger partial charge >= 0.3 is 0 Å². The zero-order valence-electron chi connectivity index (χ0n) is 19.2. The molecule has 180 valence electrons. The second-order valence-electron chi connectivity index (χ2n) is 8.53. The van der Waals surface area contributed by atoms with E-state index in [9.17, 15) is 23.1 Å². The van der Waals surface area contributed by atoms with E-state index in [0.717, 1.165) is 16.7 Å². The number of hydrogen-bond donors (Lipinski definition) is 3. The molecule has 0 bridgehead atoms. The topological polar surface area (TPSA) is 113 Å². The number of rotatable bonds is 4. The Labute approximate surface area is 208 Å². The molecule has 1 aliphatic rings. The molecule has 4 aromatic carbocycles. The van der Waals surface area contributed by atoms with Crippen LogP contribution in [0, 0.1) is 0 Å². The van der Waals surface area contributed by atoms with E-state index >= 15 is 0 Å². The Morgan fingerprint density at radius 3 is 2.19 bits per heavy atom. The zero-order valence-corrected chi connectivity index (χ0v) is 20.0. The maximum atomic E-state index is 13.1. The van der Waals surface area contributed by atoms with Crippen LogP contribution < -0.4 is 10.6 Å². The number of phenolic OH excluding ortho intramolecular Hbond substituents is 1. The third kappa shape index (κ3) is 4.23. The third-order valence-electron chi connectivity index (χ3n) is 6.16. The van der Waals surface area contributed by atoms with E-state index in [2.05, 4.69) is 10.6 Å². The van der Waals surface area contributed by atoms with Gasteiger partial charge in [0.15, 0.2) is 0 Å². The predicted molar refractivity (Wildman–Crippen MR) is 136 cm³/mol. The molecule has 0 radical (unpaired) electrons. The van der Waals surface area contributed by atoms with Gasteiger partial charge in [-0.1, -0.05) is 48.5 Å². The van der Waals surface area contributed by atoms with Crippen molar-refractivity contribution in [2.75, 3.05) is 5.32 Å². The summed E-state index contributed by atoms with van der Waals surface area (Å²) in [6, 6.07) is 24.4. The van der Waals surface area contributed by atoms with Gasteiger partial charge in [-0.05, 0) is 66.1 Å². The Balaban J connectivity index is 1.36. The molecular weight excluding hydrogens is 476 g/mol. The van der Waals surface area contributed by atoms with Crippen molar-refractivity contribution in [3.05, 3.63) is 108 Å². The van der Waals surface area contributed by atoms with Crippen molar-refractivity contribution in [2.24, 2.45) is 0 Å². The summed E-state index contributed by atoms with van der Waals surface area (Å²) in [6.07, 6.45) is 0. The molecule has 0 unspecified atom stereocenters. The standard InChI is InChI=1S/C28H22N2O5S/c1-17(18-6-8-19(9-7-18)20-10-13-22(31)14-11-20)29-27(32)21-12-15-26-24(16-21)30-28(33)23-4-2-3-5-25(23)36(26,34)35/h2-17,31H,1H3,(H,29,32)(H,30,33)/t17-/m0/s1. The van der Waals surface area contributed by atoms with Gasteiger partial charge in [0.05, 0.1) is 27.1 Å². The van der Waals surface area contributed by atoms with Crippen LogP contribution in [0.15, 0.2) is 101 Å². The van der Waals surface area contributed by atoms with Gasteiger partial charge < -0.3 is 15.7 Å². The third-order valence-corrected chi connectivity index (χ3v) is 8.03. The average molecular weight is 499 g/mol. The van der Waals surface area contributed by atoms with Crippen molar-refractivity contribution in [3.8, 4) is 16.9 Å². The second-order valence-corrected chi connectivity index (χ2v) is 10.4. The van der Waals surface area contributed by atoms with Gasteiger partial charge in [-0.3, -0.25) is 9.59 Å². The van der Waals surface area contributed by atoms with Crippen LogP contribution in [-0.2, 0) is 9.84 Å². The van der Waals surface area contributed by atoms with Crippen molar-refractivity contribution < 1.29 is 23.1 Å². The normalized spacial score (nSPS) is 14.5. The minimum Gasteiger partial charge on any atom is -0.508 e. The van der Waals surface area contributed by atoms with Gasteiger partial charge in [0.2, 0.25) is 9.84 Å². The maximum absolute atomic E-state index is 13.1. The number of aromatic hydroxyl groups is 1. The molecule has 0 saturated heterocycles. The summed E-state index contributed by atoms with van der Waals surface area (Å²) in [5.41, 5.74) is 3.16. The molecule has 0 fully saturated rings. The predicted octanol–water partition coefficient (Wildman–Crippen LogP) is 4.95. The van der Waals surface area contributed by atoms with Crippen LogP contribution in [0.25, 0.3) is 11.1 Å². The highest BCUT2D eigenvalue weighted by Gasteiger charge is 2.31. The smallest absolute Gasteiger partial charge is 0.257 e. The summed E-state index contributed by atoms with van der Waals surface area (Å²) in [5, 5.41) is 15.0. The number of amides is 2. The van der Waals surface area contributed by atoms with E-state index in [1.54, 1.807) is 24.3 Å². The molecule has 1 atom stereocenters. The van der Waals surface area contributed by atoms with Crippen molar-refractivity contribution in [3.63, 3.8) is 0 Å². The van der Waals surface area contributed by atoms with Gasteiger partial charge in [0.25, 0.3) is 11.8 Å². The molecule has 3 N–H and O–H groups in total. The first-order chi connectivity index (χ1) is 17.2. The summed E-state index contributed by atoms with van der Waals surface area (Å²) in [6.45, 7) is 1.85. The second kappa shape index (κ2) is 8.98. The highest BCUT2D eigenvalue weighted by molar-refractivity contribution is 7.91. The minimum absolute atomic E-state index is 0.0593. The summed E-state index contributed by atoms with van der Waals surface area (Å²) in [4.78, 5) is 25.5. The van der Waals surface area contributed by atoms with E-state index in [-0.39, 0.29) is 38.4 Å². The molecule has 1 heterocycles. The lowest BCUT2D eigenvalue weighted by Crippen LogP contribution is -2.26. The highest BCUT2D eigenvalue weighted by atomic mass is 32.2. The van der Waals surface area contributed by atoms with Crippen LogP contribution in [-0.4, -0.2) is 25.3 Å². The van der Waals surface area contributed by atoms with Crippen LogP contribution in [0.4, 0.5) is 5.69 Å². The maximum Gasteiger partial charge on any atom is 0.257 e. The molecule has 1 aliphatic heterocycles. The largest absolute Gasteiger partial charge is 0.508 e. The lowest BCUT2D eigenvalue weighted by molar-refractivity contribution is 0.0938. The Hall–Kier alpha value is -4.43. The first-order valence-electron chi connectivity index (χ1n) is 11.2. The highest BCUT2D eigenvalue weighted by Crippen LogP contribution is 2.34. The molecule has 36 heavy (non-hydrogen) atoms. The first kappa shape index (κ1) is 23.3. The zero-order chi connectivity index (χ0) is 25.4. The van der Waals surface area contributed by atoms with Crippen LogP contribution >= 0.6 is 0 Å². The van der Waals surface area contributed by atoms with Crippen molar-refractivity contribution in [1.29, 1.82) is 0 Å². The van der Waals surface area contributed by atoms with Gasteiger partial charge in [-0.25, -0.2) is 8.42 Å². The number of anilines is 1. The number of benzene rings is 4. The van der Waals surface area contributed by atoms with E-state index in [0.29, 0.717) is 0 Å². The molecule has 4 aromatic rings. The molecular formula is C28H22N2O5S. The minimum atomic E-state index is -3.94. The van der Waals surface area contributed by atoms with Crippen LogP contribution in [0.1, 0.15) is 39.2 Å². The van der Waals surface area contributed by atoms with Gasteiger partial charge in [0, 0.05) is 5.56 Å². The number of fused-ring (bicyclic) bond motifs is 2. The summed E-state index contributed by atoms with van der Waals surface area (Å²) >= 11 is 0. The number of hydrogen-bond acceptors (Lipinski definition) is 5. The number of phenols is 1. The van der Waals surface area contributed by atoms with Crippen molar-refractivity contribution in [2.45, 2.75) is 22.8 Å². The fourth-order valence-corrected chi connectivity index (χ4v) is 5.77. The lowest BCUT2D eigenvalue weighted by Gasteiger charge is -2.16. The Kier molecular flexibility index (Phi) is 5.81. The van der Waals surface area contributed by atoms with E-state index < -0.39 is 21.7 Å². The molecule has 0 aromatic heterocycles. The summed E-state index contributed by atoms with van der Waals surface area (Å²) in [5.74, 6) is -0.750. The van der Waals surface area contributed by atoms with Crippen LogP contribution in [0.5, 0.6) is 5.75 Å². The van der Waals surface area contributed by atoms with E-state index in [1.807, 2.05) is 43.3 Å². The first-order valence-corrected chi connectivity index (χ1v) is 12.7. The number of carbonyl (C=O) groups excluding carboxylic acids is 2. The Bertz CT molecular complexity index is 1590. The molecule has 0 spiro atoms.